The van der Waals surface area contributed by atoms with Crippen molar-refractivity contribution in [3.63, 3.8) is 0 Å². The van der Waals surface area contributed by atoms with E-state index in [0.717, 1.165) is 57.2 Å². The molecule has 348 valence electrons. The average Bonchev–Trinajstić information content (AvgIpc) is 4.26. The molecular weight excluding hydrogens is 865 g/mol. The predicted octanol–water partition coefficient (Wildman–Crippen LogP) is 16.6. The van der Waals surface area contributed by atoms with Gasteiger partial charge in [0.25, 0.3) is 6.33 Å². The van der Waals surface area contributed by atoms with Gasteiger partial charge < -0.3 is 4.74 Å². The lowest BCUT2D eigenvalue weighted by Gasteiger charge is -2.42. The molecule has 8 aromatic carbocycles. The van der Waals surface area contributed by atoms with Crippen LogP contribution in [0.15, 0.2) is 200 Å². The first kappa shape index (κ1) is 34.3. The molecule has 5 nitrogen and oxygen atoms in total. The van der Waals surface area contributed by atoms with E-state index in [1.54, 1.807) is 22.8 Å². The van der Waals surface area contributed by atoms with E-state index in [9.17, 15) is 5.48 Å². The van der Waals surface area contributed by atoms with Crippen LogP contribution in [0.1, 0.15) is 91.7 Å². The number of nitrogens with zero attached hydrogens (tertiary/aromatic N) is 4. The van der Waals surface area contributed by atoms with Crippen molar-refractivity contribution in [1.29, 1.82) is 0 Å². The SMILES string of the molecule is [2H]c1c([2H])c([2H])c(-c2cccc(-c3c([2H])c([2H])c([2H])c([2H])c3[2H])c2-[n+]2[c-]n(-c3cccc(Oc4ccc5c6ccccc6n(-c6cc(C(C)(C)C)ccn6)c5c4)c3)c3cc(-c4ccc5c(c4)C(C)(C)CCC5(C)C)ccc32)c([2H])c1[2H]. The smallest absolute Gasteiger partial charge is 0.269 e. The van der Waals surface area contributed by atoms with Gasteiger partial charge >= 0.3 is 0 Å². The van der Waals surface area contributed by atoms with Crippen LogP contribution in [0.3, 0.4) is 0 Å². The average molecular weight is 933 g/mol. The summed E-state index contributed by atoms with van der Waals surface area (Å²) in [6.45, 7) is 15.8. The topological polar surface area (TPSA) is 35.9 Å². The van der Waals surface area contributed by atoms with E-state index in [4.69, 9.17) is 17.9 Å². The molecule has 0 radical (unpaired) electrons. The molecule has 1 aliphatic carbocycles. The van der Waals surface area contributed by atoms with Crippen molar-refractivity contribution < 1.29 is 23.0 Å². The molecule has 3 heterocycles. The van der Waals surface area contributed by atoms with Crippen LogP contribution < -0.4 is 9.30 Å². The largest absolute Gasteiger partial charge is 0.458 e. The number of ether oxygens (including phenoxy) is 1. The minimum Gasteiger partial charge on any atom is -0.458 e. The maximum absolute atomic E-state index is 9.23. The van der Waals surface area contributed by atoms with E-state index in [1.807, 2.05) is 71.4 Å². The number of para-hydroxylation sites is 2. The van der Waals surface area contributed by atoms with Crippen LogP contribution in [0.25, 0.3) is 83.4 Å². The molecule has 11 aromatic rings. The molecule has 0 N–H and O–H groups in total. The Morgan fingerprint density at radius 3 is 1.96 bits per heavy atom. The van der Waals surface area contributed by atoms with Gasteiger partial charge in [-0.1, -0.05) is 182 Å². The quantitative estimate of drug-likeness (QED) is 0.112. The Hall–Kier alpha value is -8.02. The highest BCUT2D eigenvalue weighted by Crippen LogP contribution is 2.47. The van der Waals surface area contributed by atoms with Crippen molar-refractivity contribution in [2.75, 3.05) is 0 Å². The van der Waals surface area contributed by atoms with E-state index in [1.165, 1.54) is 11.1 Å². The van der Waals surface area contributed by atoms with Crippen molar-refractivity contribution in [2.45, 2.75) is 77.6 Å². The lowest BCUT2D eigenvalue weighted by atomic mass is 9.63. The third-order valence-corrected chi connectivity index (χ3v) is 14.4. The highest BCUT2D eigenvalue weighted by Gasteiger charge is 2.37. The van der Waals surface area contributed by atoms with Crippen molar-refractivity contribution in [2.24, 2.45) is 0 Å². The summed E-state index contributed by atoms with van der Waals surface area (Å²) in [5, 5.41) is 2.12. The van der Waals surface area contributed by atoms with Gasteiger partial charge in [-0.25, -0.2) is 4.98 Å². The number of rotatable bonds is 8. The minimum atomic E-state index is -0.568. The third-order valence-electron chi connectivity index (χ3n) is 14.4. The summed E-state index contributed by atoms with van der Waals surface area (Å²) in [5.74, 6) is 1.89. The van der Waals surface area contributed by atoms with Crippen molar-refractivity contribution in [1.82, 2.24) is 14.1 Å². The fourth-order valence-electron chi connectivity index (χ4n) is 10.5. The van der Waals surface area contributed by atoms with E-state index >= 15 is 0 Å². The van der Waals surface area contributed by atoms with Gasteiger partial charge in [0, 0.05) is 23.0 Å². The summed E-state index contributed by atoms with van der Waals surface area (Å²) in [5.41, 5.74) is 9.53. The third kappa shape index (κ3) is 7.81. The Morgan fingerprint density at radius 1 is 0.577 bits per heavy atom. The minimum absolute atomic E-state index is 0.000691. The molecule has 71 heavy (non-hydrogen) atoms. The molecule has 0 unspecified atom stereocenters. The number of imidazole rings is 1. The van der Waals surface area contributed by atoms with Crippen LogP contribution in [0.2, 0.25) is 0 Å². The normalized spacial score (nSPS) is 16.2. The summed E-state index contributed by atoms with van der Waals surface area (Å²) in [7, 11) is 0. The van der Waals surface area contributed by atoms with Crippen molar-refractivity contribution in [3.05, 3.63) is 223 Å². The fourth-order valence-corrected chi connectivity index (χ4v) is 10.5. The Bertz CT molecular complexity index is 4310. The first-order valence-electron chi connectivity index (χ1n) is 29.2. The Morgan fingerprint density at radius 2 is 1.23 bits per heavy atom. The van der Waals surface area contributed by atoms with Gasteiger partial charge in [0.15, 0.2) is 0 Å². The fraction of sp³-hybridized carbons (Fsp3) is 0.182. The molecule has 0 spiro atoms. The molecule has 0 saturated carbocycles. The molecule has 1 aliphatic rings. The monoisotopic (exact) mass is 933 g/mol. The van der Waals surface area contributed by atoms with Gasteiger partial charge in [-0.15, -0.1) is 0 Å². The number of hydrogen-bond donors (Lipinski definition) is 0. The zero-order valence-electron chi connectivity index (χ0n) is 50.9. The van der Waals surface area contributed by atoms with Gasteiger partial charge in [0.2, 0.25) is 0 Å². The number of fused-ring (bicyclic) bond motifs is 5. The first-order chi connectivity index (χ1) is 38.4. The summed E-state index contributed by atoms with van der Waals surface area (Å²) >= 11 is 0. The maximum atomic E-state index is 9.23. The highest BCUT2D eigenvalue weighted by molar-refractivity contribution is 6.09. The predicted molar refractivity (Wildman–Crippen MR) is 293 cm³/mol. The van der Waals surface area contributed by atoms with Crippen LogP contribution in [0, 0.1) is 6.33 Å². The number of benzene rings is 8. The van der Waals surface area contributed by atoms with Crippen LogP contribution in [-0.2, 0) is 16.2 Å². The Kier molecular flexibility index (Phi) is 8.14. The van der Waals surface area contributed by atoms with Crippen molar-refractivity contribution in [3.8, 4) is 62.1 Å². The molecule has 0 fully saturated rings. The van der Waals surface area contributed by atoms with Crippen LogP contribution >= 0.6 is 0 Å². The number of pyridine rings is 1. The van der Waals surface area contributed by atoms with Crippen LogP contribution in [0.5, 0.6) is 11.5 Å². The molecule has 0 amide bonds. The molecular formula is C66H58N4O. The lowest BCUT2D eigenvalue weighted by molar-refractivity contribution is -0.571. The second-order valence-corrected chi connectivity index (χ2v) is 21.0. The number of hydrogen-bond acceptors (Lipinski definition) is 2. The van der Waals surface area contributed by atoms with Gasteiger partial charge in [-0.05, 0) is 134 Å². The zero-order chi connectivity index (χ0) is 57.4. The van der Waals surface area contributed by atoms with E-state index < -0.39 is 60.4 Å². The van der Waals surface area contributed by atoms with Gasteiger partial charge in [-0.3, -0.25) is 13.7 Å². The maximum Gasteiger partial charge on any atom is 0.269 e. The number of aromatic nitrogens is 4. The molecule has 0 bridgehead atoms. The molecule has 0 aliphatic heterocycles. The second-order valence-electron chi connectivity index (χ2n) is 21.0. The second kappa shape index (κ2) is 16.8. The van der Waals surface area contributed by atoms with E-state index in [2.05, 4.69) is 114 Å². The first-order valence-corrected chi connectivity index (χ1v) is 24.2. The van der Waals surface area contributed by atoms with Crippen LogP contribution in [-0.4, -0.2) is 14.1 Å². The molecule has 0 saturated heterocycles. The van der Waals surface area contributed by atoms with Gasteiger partial charge in [-0.2, -0.15) is 0 Å². The standard InChI is InChI=1S/C66H58N4O/c1-64(2,3)48-34-37-67-62(40-48)70-58-27-15-14-24-54(58)55-31-30-51(42-60(55)70)71-50-23-16-22-49(41-50)68-43-69(63-52(44-18-10-8-11-19-44)25-17-26-53(63)45-20-12-9-13-21-45)59-33-29-47(39-61(59)68)46-28-32-56-57(38-46)66(6,7)36-35-65(56,4)5/h8-34,37-42H,35-36H2,1-7H3/i8D,9D,10D,11D,12D,13D,18D,19D,20D,21D. The molecule has 12 rings (SSSR count). The van der Waals surface area contributed by atoms with Crippen LogP contribution in [0.4, 0.5) is 0 Å². The zero-order valence-corrected chi connectivity index (χ0v) is 40.9. The van der Waals surface area contributed by atoms with Crippen molar-refractivity contribution >= 4 is 32.8 Å². The highest BCUT2D eigenvalue weighted by atomic mass is 16.5. The molecule has 5 heteroatoms. The lowest BCUT2D eigenvalue weighted by Crippen LogP contribution is -2.33. The van der Waals surface area contributed by atoms with Gasteiger partial charge in [0.05, 0.1) is 47.1 Å². The molecule has 3 aromatic heterocycles. The summed E-state index contributed by atoms with van der Waals surface area (Å²) in [6, 6.07) is 38.5. The molecule has 0 atom stereocenters. The Balaban J connectivity index is 1.09. The summed E-state index contributed by atoms with van der Waals surface area (Å²) < 4.78 is 101. The van der Waals surface area contributed by atoms with E-state index in [-0.39, 0.29) is 44.2 Å². The summed E-state index contributed by atoms with van der Waals surface area (Å²) in [4.78, 5) is 4.87. The van der Waals surface area contributed by atoms with Gasteiger partial charge in [0.1, 0.15) is 17.3 Å². The van der Waals surface area contributed by atoms with E-state index in [0.29, 0.717) is 28.2 Å². The summed E-state index contributed by atoms with van der Waals surface area (Å²) in [6.07, 6.45) is 7.55. The Labute approximate surface area is 431 Å².